The fraction of sp³-hybridized carbons (Fsp3) is 0.909. The molecule has 0 aliphatic heterocycles. The second-order valence-electron chi connectivity index (χ2n) is 5.96. The highest BCUT2D eigenvalue weighted by Crippen LogP contribution is 2.36. The Labute approximate surface area is 99.6 Å². The number of carbonyl (C=O) groups is 1. The number of methoxy groups -OCH3 is 1. The van der Waals surface area contributed by atoms with E-state index in [4.69, 9.17) is 10.2 Å². The van der Waals surface area contributed by atoms with Crippen molar-refractivity contribution in [2.24, 2.45) is 5.73 Å². The fourth-order valence-electron chi connectivity index (χ4n) is 0.839. The Balaban J connectivity index is 4.52. The van der Waals surface area contributed by atoms with Crippen molar-refractivity contribution in [1.82, 2.24) is 0 Å². The van der Waals surface area contributed by atoms with Crippen LogP contribution in [0.25, 0.3) is 0 Å². The average molecular weight is 247 g/mol. The number of ether oxygens (including phenoxy) is 1. The minimum Gasteiger partial charge on any atom is -0.468 e. The van der Waals surface area contributed by atoms with Crippen molar-refractivity contribution >= 4 is 14.3 Å². The zero-order valence-electron chi connectivity index (χ0n) is 11.5. The lowest BCUT2D eigenvalue weighted by Crippen LogP contribution is -2.53. The van der Waals surface area contributed by atoms with E-state index in [1.807, 2.05) is 0 Å². The van der Waals surface area contributed by atoms with Crippen molar-refractivity contribution in [3.63, 3.8) is 0 Å². The van der Waals surface area contributed by atoms with Crippen LogP contribution in [0, 0.1) is 0 Å². The van der Waals surface area contributed by atoms with E-state index in [0.717, 1.165) is 0 Å². The van der Waals surface area contributed by atoms with Crippen LogP contribution in [0.3, 0.4) is 0 Å². The van der Waals surface area contributed by atoms with Crippen molar-refractivity contribution in [3.8, 4) is 0 Å². The van der Waals surface area contributed by atoms with Crippen LogP contribution in [-0.4, -0.2) is 33.5 Å². The summed E-state index contributed by atoms with van der Waals surface area (Å²) in [5.74, 6) is -0.439. The lowest BCUT2D eigenvalue weighted by molar-refractivity contribution is -0.147. The number of esters is 1. The zero-order chi connectivity index (χ0) is 13.2. The maximum atomic E-state index is 11.4. The number of nitrogens with two attached hydrogens (primary N) is 1. The molecule has 0 heterocycles. The number of hydrogen-bond acceptors (Lipinski definition) is 4. The molecule has 0 saturated heterocycles. The fourth-order valence-corrected chi connectivity index (χ4v) is 1.93. The van der Waals surface area contributed by atoms with Gasteiger partial charge in [0.15, 0.2) is 8.32 Å². The Morgan fingerprint density at radius 1 is 1.25 bits per heavy atom. The second-order valence-corrected chi connectivity index (χ2v) is 10.8. The molecule has 0 aliphatic rings. The van der Waals surface area contributed by atoms with E-state index in [9.17, 15) is 4.79 Å². The third kappa shape index (κ3) is 3.88. The van der Waals surface area contributed by atoms with Gasteiger partial charge in [0, 0.05) is 0 Å². The van der Waals surface area contributed by atoms with Gasteiger partial charge in [-0.1, -0.05) is 20.8 Å². The van der Waals surface area contributed by atoms with E-state index in [2.05, 4.69) is 38.6 Å². The average Bonchev–Trinajstić information content (AvgIpc) is 2.12. The van der Waals surface area contributed by atoms with Gasteiger partial charge >= 0.3 is 5.97 Å². The Hall–Kier alpha value is -0.393. The van der Waals surface area contributed by atoms with Gasteiger partial charge in [-0.2, -0.15) is 0 Å². The highest BCUT2D eigenvalue weighted by atomic mass is 28.4. The Morgan fingerprint density at radius 2 is 1.69 bits per heavy atom. The summed E-state index contributed by atoms with van der Waals surface area (Å²) in [7, 11) is -0.528. The van der Waals surface area contributed by atoms with Crippen LogP contribution in [0.1, 0.15) is 27.7 Å². The topological polar surface area (TPSA) is 61.5 Å². The van der Waals surface area contributed by atoms with Crippen LogP contribution >= 0.6 is 0 Å². The van der Waals surface area contributed by atoms with E-state index in [0.29, 0.717) is 0 Å². The van der Waals surface area contributed by atoms with Crippen LogP contribution in [0.5, 0.6) is 0 Å². The summed E-state index contributed by atoms with van der Waals surface area (Å²) < 4.78 is 10.5. The molecule has 0 spiro atoms. The van der Waals surface area contributed by atoms with Crippen LogP contribution in [0.15, 0.2) is 0 Å². The zero-order valence-corrected chi connectivity index (χ0v) is 12.5. The van der Waals surface area contributed by atoms with Gasteiger partial charge in [0.1, 0.15) is 5.54 Å². The Kier molecular flexibility index (Phi) is 4.73. The molecule has 0 saturated carbocycles. The summed E-state index contributed by atoms with van der Waals surface area (Å²) in [6.07, 6.45) is 0. The van der Waals surface area contributed by atoms with Crippen molar-refractivity contribution in [2.45, 2.75) is 51.4 Å². The highest BCUT2D eigenvalue weighted by molar-refractivity contribution is 6.74. The molecule has 5 heteroatoms. The molecule has 0 unspecified atom stereocenters. The predicted molar refractivity (Wildman–Crippen MR) is 67.8 cm³/mol. The molecular formula is C11H25NO3Si. The molecule has 0 aromatic carbocycles. The summed E-state index contributed by atoms with van der Waals surface area (Å²) >= 11 is 0. The van der Waals surface area contributed by atoms with Gasteiger partial charge in [-0.15, -0.1) is 0 Å². The van der Waals surface area contributed by atoms with Gasteiger partial charge in [0.2, 0.25) is 0 Å². The molecule has 16 heavy (non-hydrogen) atoms. The van der Waals surface area contributed by atoms with E-state index < -0.39 is 19.8 Å². The van der Waals surface area contributed by atoms with Gasteiger partial charge in [0.25, 0.3) is 0 Å². The van der Waals surface area contributed by atoms with Gasteiger partial charge in [-0.25, -0.2) is 4.79 Å². The molecule has 0 fully saturated rings. The Morgan fingerprint density at radius 3 is 2.00 bits per heavy atom. The minimum absolute atomic E-state index is 0.110. The summed E-state index contributed by atoms with van der Waals surface area (Å²) in [6.45, 7) is 12.5. The lowest BCUT2D eigenvalue weighted by Gasteiger charge is -2.38. The highest BCUT2D eigenvalue weighted by Gasteiger charge is 2.40. The summed E-state index contributed by atoms with van der Waals surface area (Å²) in [5, 5.41) is 0.110. The van der Waals surface area contributed by atoms with Crippen molar-refractivity contribution < 1.29 is 14.0 Å². The summed E-state index contributed by atoms with van der Waals surface area (Å²) in [6, 6.07) is 0. The van der Waals surface area contributed by atoms with Crippen LogP contribution in [-0.2, 0) is 14.0 Å². The first-order chi connectivity index (χ1) is 6.94. The summed E-state index contributed by atoms with van der Waals surface area (Å²) in [4.78, 5) is 11.4. The molecule has 0 bridgehead atoms. The first-order valence-corrected chi connectivity index (χ1v) is 8.36. The maximum absolute atomic E-state index is 11.4. The monoisotopic (exact) mass is 247 g/mol. The normalized spacial score (nSPS) is 16.8. The van der Waals surface area contributed by atoms with E-state index in [1.54, 1.807) is 6.92 Å². The molecule has 0 aromatic rings. The first-order valence-electron chi connectivity index (χ1n) is 5.45. The third-order valence-corrected chi connectivity index (χ3v) is 7.67. The SMILES string of the molecule is COC(=O)[C@](C)(N)CO[Si](C)(C)C(C)(C)C. The molecule has 0 rings (SSSR count). The Bertz CT molecular complexity index is 256. The molecule has 4 nitrogen and oxygen atoms in total. The minimum atomic E-state index is -1.86. The first kappa shape index (κ1) is 15.6. The van der Waals surface area contributed by atoms with Crippen molar-refractivity contribution in [1.29, 1.82) is 0 Å². The van der Waals surface area contributed by atoms with E-state index in [-0.39, 0.29) is 11.6 Å². The number of rotatable bonds is 4. The van der Waals surface area contributed by atoms with Gasteiger partial charge < -0.3 is 14.9 Å². The van der Waals surface area contributed by atoms with E-state index in [1.165, 1.54) is 7.11 Å². The second kappa shape index (κ2) is 4.85. The third-order valence-electron chi connectivity index (χ3n) is 3.19. The van der Waals surface area contributed by atoms with E-state index >= 15 is 0 Å². The smallest absolute Gasteiger partial charge is 0.327 e. The van der Waals surface area contributed by atoms with Crippen LogP contribution in [0.2, 0.25) is 18.1 Å². The van der Waals surface area contributed by atoms with Crippen LogP contribution in [0.4, 0.5) is 0 Å². The molecule has 2 N–H and O–H groups in total. The summed E-state index contributed by atoms with van der Waals surface area (Å²) in [5.41, 5.74) is 4.78. The number of hydrogen-bond donors (Lipinski definition) is 1. The lowest BCUT2D eigenvalue weighted by atomic mass is 10.1. The number of carbonyl (C=O) groups excluding carboxylic acids is 1. The maximum Gasteiger partial charge on any atom is 0.327 e. The predicted octanol–water partition coefficient (Wildman–Crippen LogP) is 1.90. The molecule has 1 atom stereocenters. The van der Waals surface area contributed by atoms with Crippen molar-refractivity contribution in [3.05, 3.63) is 0 Å². The van der Waals surface area contributed by atoms with Gasteiger partial charge in [-0.3, -0.25) is 0 Å². The standard InChI is InChI=1S/C11H25NO3Si/c1-10(2,3)16(6,7)15-8-11(4,12)9(13)14-5/h8,12H2,1-7H3/t11-/m1/s1. The molecular weight excluding hydrogens is 222 g/mol. The van der Waals surface area contributed by atoms with Crippen LogP contribution < -0.4 is 5.73 Å². The quantitative estimate of drug-likeness (QED) is 0.609. The molecule has 96 valence electrons. The molecule has 0 amide bonds. The molecule has 0 radical (unpaired) electrons. The van der Waals surface area contributed by atoms with Gasteiger partial charge in [0.05, 0.1) is 13.7 Å². The molecule has 0 aliphatic carbocycles. The molecule has 0 aromatic heterocycles. The van der Waals surface area contributed by atoms with Gasteiger partial charge in [-0.05, 0) is 25.1 Å². The largest absolute Gasteiger partial charge is 0.468 e. The van der Waals surface area contributed by atoms with Crippen molar-refractivity contribution in [2.75, 3.05) is 13.7 Å².